The summed E-state index contributed by atoms with van der Waals surface area (Å²) in [5, 5.41) is 3.50. The molecule has 0 radical (unpaired) electrons. The summed E-state index contributed by atoms with van der Waals surface area (Å²) in [6.07, 6.45) is 3.86. The number of benzene rings is 1. The smallest absolute Gasteiger partial charge is 0.127 e. The highest BCUT2D eigenvalue weighted by atomic mass is 16.5. The van der Waals surface area contributed by atoms with E-state index >= 15 is 0 Å². The molecule has 2 rings (SSSR count). The van der Waals surface area contributed by atoms with Crippen LogP contribution in [0, 0.1) is 0 Å². The van der Waals surface area contributed by atoms with E-state index in [1.807, 2.05) is 12.1 Å². The average molecular weight is 233 g/mol. The van der Waals surface area contributed by atoms with E-state index in [-0.39, 0.29) is 0 Å². The minimum absolute atomic E-state index is 0.303. The minimum Gasteiger partial charge on any atom is -0.497 e. The Kier molecular flexibility index (Phi) is 3.69. The molecule has 0 spiro atoms. The fraction of sp³-hybridized carbons (Fsp3) is 0.429. The molecular weight excluding hydrogens is 214 g/mol. The Morgan fingerprint density at radius 2 is 2.24 bits per heavy atom. The minimum atomic E-state index is 0.303. The average Bonchev–Trinajstić information content (AvgIpc) is 2.38. The van der Waals surface area contributed by atoms with Crippen molar-refractivity contribution in [1.82, 2.24) is 5.32 Å². The molecule has 1 aliphatic heterocycles. The molecule has 1 heterocycles. The molecule has 92 valence electrons. The van der Waals surface area contributed by atoms with E-state index in [4.69, 9.17) is 9.47 Å². The van der Waals surface area contributed by atoms with Gasteiger partial charge in [-0.1, -0.05) is 6.08 Å². The Morgan fingerprint density at radius 3 is 2.88 bits per heavy atom. The number of hydrogen-bond donors (Lipinski definition) is 1. The van der Waals surface area contributed by atoms with Crippen molar-refractivity contribution in [3.05, 3.63) is 35.9 Å². The molecule has 0 bridgehead atoms. The van der Waals surface area contributed by atoms with Crippen LogP contribution >= 0.6 is 0 Å². The van der Waals surface area contributed by atoms with Crippen LogP contribution < -0.4 is 14.8 Å². The van der Waals surface area contributed by atoms with Crippen molar-refractivity contribution in [2.75, 3.05) is 20.8 Å². The zero-order valence-electron chi connectivity index (χ0n) is 10.5. The van der Waals surface area contributed by atoms with Crippen LogP contribution in [0.15, 0.2) is 24.8 Å². The van der Waals surface area contributed by atoms with Gasteiger partial charge in [0.25, 0.3) is 0 Å². The monoisotopic (exact) mass is 233 g/mol. The van der Waals surface area contributed by atoms with Crippen LogP contribution in [0.3, 0.4) is 0 Å². The molecule has 0 amide bonds. The lowest BCUT2D eigenvalue weighted by Crippen LogP contribution is -2.30. The highest BCUT2D eigenvalue weighted by molar-refractivity contribution is 5.49. The maximum atomic E-state index is 5.48. The van der Waals surface area contributed by atoms with Crippen LogP contribution in [0.5, 0.6) is 11.5 Å². The summed E-state index contributed by atoms with van der Waals surface area (Å²) in [5.41, 5.74) is 2.56. The summed E-state index contributed by atoms with van der Waals surface area (Å²) in [6, 6.07) is 4.36. The van der Waals surface area contributed by atoms with Crippen LogP contribution in [-0.2, 0) is 6.42 Å². The van der Waals surface area contributed by atoms with Gasteiger partial charge in [0, 0.05) is 17.7 Å². The van der Waals surface area contributed by atoms with Crippen LogP contribution in [0.2, 0.25) is 0 Å². The fourth-order valence-electron chi connectivity index (χ4n) is 2.40. The fourth-order valence-corrected chi connectivity index (χ4v) is 2.40. The Hall–Kier alpha value is -1.48. The summed E-state index contributed by atoms with van der Waals surface area (Å²) in [6.45, 7) is 4.80. The molecule has 3 heteroatoms. The van der Waals surface area contributed by atoms with Crippen molar-refractivity contribution >= 4 is 0 Å². The molecule has 3 nitrogen and oxygen atoms in total. The first kappa shape index (κ1) is 12.0. The van der Waals surface area contributed by atoms with Crippen molar-refractivity contribution in [2.24, 2.45) is 0 Å². The van der Waals surface area contributed by atoms with Gasteiger partial charge in [0.1, 0.15) is 11.5 Å². The van der Waals surface area contributed by atoms with Gasteiger partial charge in [-0.15, -0.1) is 6.58 Å². The quantitative estimate of drug-likeness (QED) is 0.810. The Balaban J connectivity index is 2.47. The van der Waals surface area contributed by atoms with Gasteiger partial charge in [-0.25, -0.2) is 0 Å². The Bertz CT molecular complexity index is 398. The van der Waals surface area contributed by atoms with Crippen molar-refractivity contribution in [3.63, 3.8) is 0 Å². The highest BCUT2D eigenvalue weighted by Crippen LogP contribution is 2.37. The number of hydrogen-bond acceptors (Lipinski definition) is 3. The van der Waals surface area contributed by atoms with E-state index in [1.54, 1.807) is 14.2 Å². The molecule has 0 aromatic heterocycles. The van der Waals surface area contributed by atoms with E-state index in [9.17, 15) is 0 Å². The SMILES string of the molecule is C=CC[C@@H]1NCCc2cc(OC)cc(OC)c21. The first-order valence-corrected chi connectivity index (χ1v) is 5.89. The first-order chi connectivity index (χ1) is 8.30. The predicted octanol–water partition coefficient (Wildman–Crippen LogP) is 2.47. The number of fused-ring (bicyclic) bond motifs is 1. The third-order valence-electron chi connectivity index (χ3n) is 3.19. The molecule has 1 aliphatic rings. The molecule has 1 atom stereocenters. The number of nitrogens with one attached hydrogen (secondary N) is 1. The van der Waals surface area contributed by atoms with Crippen molar-refractivity contribution in [2.45, 2.75) is 18.9 Å². The summed E-state index contributed by atoms with van der Waals surface area (Å²) < 4.78 is 10.8. The summed E-state index contributed by atoms with van der Waals surface area (Å²) >= 11 is 0. The van der Waals surface area contributed by atoms with E-state index in [0.717, 1.165) is 30.9 Å². The van der Waals surface area contributed by atoms with Crippen LogP contribution in [0.1, 0.15) is 23.6 Å². The Labute approximate surface area is 102 Å². The standard InChI is InChI=1S/C14H19NO2/c1-4-5-12-14-10(6-7-15-12)8-11(16-2)9-13(14)17-3/h4,8-9,12,15H,1,5-7H2,2-3H3/t12-/m0/s1. The summed E-state index contributed by atoms with van der Waals surface area (Å²) in [7, 11) is 3.39. The number of ether oxygens (including phenoxy) is 2. The second-order valence-corrected chi connectivity index (χ2v) is 4.18. The first-order valence-electron chi connectivity index (χ1n) is 5.89. The van der Waals surface area contributed by atoms with Crippen LogP contribution in [-0.4, -0.2) is 20.8 Å². The van der Waals surface area contributed by atoms with E-state index in [2.05, 4.69) is 18.0 Å². The molecule has 1 aromatic carbocycles. The van der Waals surface area contributed by atoms with Gasteiger partial charge in [-0.2, -0.15) is 0 Å². The molecule has 0 saturated carbocycles. The van der Waals surface area contributed by atoms with Crippen molar-refractivity contribution in [1.29, 1.82) is 0 Å². The summed E-state index contributed by atoms with van der Waals surface area (Å²) in [4.78, 5) is 0. The Morgan fingerprint density at radius 1 is 1.41 bits per heavy atom. The zero-order valence-corrected chi connectivity index (χ0v) is 10.5. The second kappa shape index (κ2) is 5.23. The maximum absolute atomic E-state index is 5.48. The molecule has 0 fully saturated rings. The van der Waals surface area contributed by atoms with E-state index in [0.29, 0.717) is 6.04 Å². The molecular formula is C14H19NO2. The van der Waals surface area contributed by atoms with Gasteiger partial charge in [-0.05, 0) is 31.0 Å². The lowest BCUT2D eigenvalue weighted by atomic mass is 9.91. The van der Waals surface area contributed by atoms with Gasteiger partial charge in [0.2, 0.25) is 0 Å². The lowest BCUT2D eigenvalue weighted by molar-refractivity contribution is 0.377. The molecule has 0 unspecified atom stereocenters. The van der Waals surface area contributed by atoms with Crippen molar-refractivity contribution < 1.29 is 9.47 Å². The summed E-state index contributed by atoms with van der Waals surface area (Å²) in [5.74, 6) is 1.76. The maximum Gasteiger partial charge on any atom is 0.127 e. The molecule has 0 aliphatic carbocycles. The second-order valence-electron chi connectivity index (χ2n) is 4.18. The van der Waals surface area contributed by atoms with Crippen LogP contribution in [0.25, 0.3) is 0 Å². The molecule has 0 saturated heterocycles. The number of rotatable bonds is 4. The molecule has 1 N–H and O–H groups in total. The van der Waals surface area contributed by atoms with Gasteiger partial charge in [0.05, 0.1) is 14.2 Å². The molecule has 17 heavy (non-hydrogen) atoms. The predicted molar refractivity (Wildman–Crippen MR) is 68.8 cm³/mol. The zero-order chi connectivity index (χ0) is 12.3. The topological polar surface area (TPSA) is 30.5 Å². The van der Waals surface area contributed by atoms with Crippen LogP contribution in [0.4, 0.5) is 0 Å². The van der Waals surface area contributed by atoms with Gasteiger partial charge < -0.3 is 14.8 Å². The third kappa shape index (κ3) is 2.29. The van der Waals surface area contributed by atoms with Crippen molar-refractivity contribution in [3.8, 4) is 11.5 Å². The lowest BCUT2D eigenvalue weighted by Gasteiger charge is -2.28. The third-order valence-corrected chi connectivity index (χ3v) is 3.19. The normalized spacial score (nSPS) is 18.4. The van der Waals surface area contributed by atoms with E-state index in [1.165, 1.54) is 11.1 Å². The van der Waals surface area contributed by atoms with Gasteiger partial charge in [0.15, 0.2) is 0 Å². The number of methoxy groups -OCH3 is 2. The molecule has 1 aromatic rings. The highest BCUT2D eigenvalue weighted by Gasteiger charge is 2.23. The van der Waals surface area contributed by atoms with Gasteiger partial charge in [-0.3, -0.25) is 0 Å². The van der Waals surface area contributed by atoms with Gasteiger partial charge >= 0.3 is 0 Å². The van der Waals surface area contributed by atoms with E-state index < -0.39 is 0 Å². The largest absolute Gasteiger partial charge is 0.497 e.